The van der Waals surface area contributed by atoms with E-state index in [0.29, 0.717) is 21.3 Å². The molecule has 0 atom stereocenters. The highest BCUT2D eigenvalue weighted by atomic mass is 79.9. The Bertz CT molecular complexity index is 824. The van der Waals surface area contributed by atoms with Gasteiger partial charge in [0.15, 0.2) is 0 Å². The Kier molecular flexibility index (Phi) is 3.89. The minimum Gasteiger partial charge on any atom is -0.319 e. The Morgan fingerprint density at radius 2 is 1.90 bits per heavy atom. The molecule has 1 aromatic heterocycles. The molecule has 0 aliphatic heterocycles. The first-order valence-corrected chi connectivity index (χ1v) is 7.48. The molecule has 0 unspecified atom stereocenters. The van der Waals surface area contributed by atoms with Gasteiger partial charge in [-0.2, -0.15) is 5.10 Å². The number of hydrogen-bond donors (Lipinski definition) is 2. The summed E-state index contributed by atoms with van der Waals surface area (Å²) in [5.41, 5.74) is 1.66. The lowest BCUT2D eigenvalue weighted by molar-refractivity contribution is 0.102. The van der Waals surface area contributed by atoms with Crippen LogP contribution in [0.3, 0.4) is 0 Å². The van der Waals surface area contributed by atoms with Gasteiger partial charge in [0.25, 0.3) is 5.91 Å². The summed E-state index contributed by atoms with van der Waals surface area (Å²) in [5, 5.41) is 11.1. The van der Waals surface area contributed by atoms with Crippen molar-refractivity contribution in [2.75, 3.05) is 5.32 Å². The molecule has 3 rings (SSSR count). The van der Waals surface area contributed by atoms with Crippen LogP contribution >= 0.6 is 39.1 Å². The van der Waals surface area contributed by atoms with Crippen molar-refractivity contribution in [2.24, 2.45) is 0 Å². The molecule has 0 spiro atoms. The van der Waals surface area contributed by atoms with Crippen LogP contribution < -0.4 is 5.32 Å². The lowest BCUT2D eigenvalue weighted by atomic mass is 10.1. The third kappa shape index (κ3) is 2.90. The number of hydrogen-bond acceptors (Lipinski definition) is 2. The van der Waals surface area contributed by atoms with Gasteiger partial charge in [0.1, 0.15) is 0 Å². The zero-order valence-electron chi connectivity index (χ0n) is 10.5. The van der Waals surface area contributed by atoms with Gasteiger partial charge in [-0.3, -0.25) is 9.89 Å². The Labute approximate surface area is 138 Å². The smallest absolute Gasteiger partial charge is 0.255 e. The van der Waals surface area contributed by atoms with E-state index in [1.165, 1.54) is 0 Å². The van der Waals surface area contributed by atoms with Crippen LogP contribution in [0.1, 0.15) is 10.4 Å². The molecular weight excluding hydrogens is 377 g/mol. The predicted octanol–water partition coefficient (Wildman–Crippen LogP) is 4.88. The largest absolute Gasteiger partial charge is 0.319 e. The number of aromatic amines is 1. The quantitative estimate of drug-likeness (QED) is 0.661. The second kappa shape index (κ2) is 5.67. The van der Waals surface area contributed by atoms with E-state index in [4.69, 9.17) is 23.2 Å². The van der Waals surface area contributed by atoms with Gasteiger partial charge in [-0.25, -0.2) is 0 Å². The zero-order chi connectivity index (χ0) is 15.0. The lowest BCUT2D eigenvalue weighted by Crippen LogP contribution is -2.12. The second-order valence-corrected chi connectivity index (χ2v) is 6.10. The van der Waals surface area contributed by atoms with E-state index in [0.717, 1.165) is 15.4 Å². The summed E-state index contributed by atoms with van der Waals surface area (Å²) in [7, 11) is 0. The first-order valence-electron chi connectivity index (χ1n) is 5.93. The number of aromatic nitrogens is 2. The van der Waals surface area contributed by atoms with Gasteiger partial charge < -0.3 is 5.32 Å². The molecule has 0 bridgehead atoms. The number of benzene rings is 2. The highest BCUT2D eigenvalue weighted by Gasteiger charge is 2.13. The highest BCUT2D eigenvalue weighted by molar-refractivity contribution is 9.10. The molecule has 0 radical (unpaired) electrons. The molecule has 106 valence electrons. The third-order valence-corrected chi connectivity index (χ3v) is 4.00. The van der Waals surface area contributed by atoms with E-state index in [-0.39, 0.29) is 5.91 Å². The van der Waals surface area contributed by atoms with Crippen molar-refractivity contribution in [3.63, 3.8) is 0 Å². The minimum atomic E-state index is -0.294. The van der Waals surface area contributed by atoms with E-state index in [9.17, 15) is 4.79 Å². The molecule has 0 aliphatic rings. The number of amides is 1. The highest BCUT2D eigenvalue weighted by Crippen LogP contribution is 2.34. The molecule has 7 heteroatoms. The van der Waals surface area contributed by atoms with Gasteiger partial charge >= 0.3 is 0 Å². The Hall–Kier alpha value is -1.56. The number of halogens is 3. The maximum absolute atomic E-state index is 12.3. The summed E-state index contributed by atoms with van der Waals surface area (Å²) in [4.78, 5) is 12.3. The Morgan fingerprint density at radius 3 is 2.62 bits per heavy atom. The fraction of sp³-hybridized carbons (Fsp3) is 0. The molecule has 0 fully saturated rings. The van der Waals surface area contributed by atoms with Crippen LogP contribution in [0.15, 0.2) is 41.0 Å². The van der Waals surface area contributed by atoms with Crippen molar-refractivity contribution in [1.82, 2.24) is 10.2 Å². The third-order valence-electron chi connectivity index (χ3n) is 2.95. The topological polar surface area (TPSA) is 57.8 Å². The number of H-pyrrole nitrogens is 1. The van der Waals surface area contributed by atoms with Gasteiger partial charge in [-0.1, -0.05) is 45.2 Å². The van der Waals surface area contributed by atoms with E-state index < -0.39 is 0 Å². The number of anilines is 1. The van der Waals surface area contributed by atoms with Crippen molar-refractivity contribution in [1.29, 1.82) is 0 Å². The Morgan fingerprint density at radius 1 is 1.19 bits per heavy atom. The molecule has 4 nitrogen and oxygen atoms in total. The fourth-order valence-corrected chi connectivity index (χ4v) is 3.23. The van der Waals surface area contributed by atoms with Crippen LogP contribution in [0, 0.1) is 0 Å². The van der Waals surface area contributed by atoms with Gasteiger partial charge in [0.2, 0.25) is 0 Å². The van der Waals surface area contributed by atoms with Crippen molar-refractivity contribution in [3.8, 4) is 0 Å². The number of carbonyl (C=O) groups is 1. The summed E-state index contributed by atoms with van der Waals surface area (Å²) >= 11 is 15.5. The average Bonchev–Trinajstić information content (AvgIpc) is 2.89. The minimum absolute atomic E-state index is 0.294. The molecule has 2 aromatic carbocycles. The lowest BCUT2D eigenvalue weighted by Gasteiger charge is -2.10. The van der Waals surface area contributed by atoms with Crippen LogP contribution in [0.4, 0.5) is 5.69 Å². The van der Waals surface area contributed by atoms with Crippen LogP contribution in [-0.2, 0) is 0 Å². The summed E-state index contributed by atoms with van der Waals surface area (Å²) in [6.07, 6.45) is 1.69. The SMILES string of the molecule is O=C(Nc1c(Cl)cc(Br)cc1Cl)c1ccc2cn[nH]c2c1. The first-order chi connectivity index (χ1) is 10.0. The van der Waals surface area contributed by atoms with E-state index in [1.54, 1.807) is 30.5 Å². The summed E-state index contributed by atoms with van der Waals surface area (Å²) in [5.74, 6) is -0.294. The molecule has 0 saturated heterocycles. The molecule has 3 aromatic rings. The van der Waals surface area contributed by atoms with E-state index in [2.05, 4.69) is 31.4 Å². The Balaban J connectivity index is 1.92. The summed E-state index contributed by atoms with van der Waals surface area (Å²) in [6.45, 7) is 0. The maximum atomic E-state index is 12.3. The van der Waals surface area contributed by atoms with Gasteiger partial charge in [-0.05, 0) is 24.3 Å². The van der Waals surface area contributed by atoms with Crippen LogP contribution in [0.25, 0.3) is 10.9 Å². The van der Waals surface area contributed by atoms with Gasteiger partial charge in [-0.15, -0.1) is 0 Å². The van der Waals surface area contributed by atoms with Crippen molar-refractivity contribution < 1.29 is 4.79 Å². The molecule has 0 aliphatic carbocycles. The summed E-state index contributed by atoms with van der Waals surface area (Å²) < 4.78 is 0.745. The molecule has 2 N–H and O–H groups in total. The van der Waals surface area contributed by atoms with E-state index >= 15 is 0 Å². The molecule has 1 amide bonds. The van der Waals surface area contributed by atoms with Crippen molar-refractivity contribution in [2.45, 2.75) is 0 Å². The van der Waals surface area contributed by atoms with Gasteiger partial charge in [0.05, 0.1) is 27.4 Å². The van der Waals surface area contributed by atoms with Crippen LogP contribution in [0.2, 0.25) is 10.0 Å². The molecule has 21 heavy (non-hydrogen) atoms. The fourth-order valence-electron chi connectivity index (χ4n) is 1.93. The normalized spacial score (nSPS) is 10.8. The van der Waals surface area contributed by atoms with Crippen molar-refractivity contribution >= 4 is 61.6 Å². The molecular formula is C14H8BrCl2N3O. The van der Waals surface area contributed by atoms with Crippen molar-refractivity contribution in [3.05, 3.63) is 56.6 Å². The second-order valence-electron chi connectivity index (χ2n) is 4.37. The number of carbonyl (C=O) groups excluding carboxylic acids is 1. The number of nitrogens with one attached hydrogen (secondary N) is 2. The van der Waals surface area contributed by atoms with Crippen LogP contribution in [-0.4, -0.2) is 16.1 Å². The molecule has 1 heterocycles. The van der Waals surface area contributed by atoms with Crippen LogP contribution in [0.5, 0.6) is 0 Å². The first kappa shape index (κ1) is 14.4. The standard InChI is InChI=1S/C14H8BrCl2N3O/c15-9-4-10(16)13(11(17)5-9)19-14(21)7-1-2-8-6-18-20-12(8)3-7/h1-6H,(H,18,20)(H,19,21). The zero-order valence-corrected chi connectivity index (χ0v) is 13.6. The number of rotatable bonds is 2. The van der Waals surface area contributed by atoms with E-state index in [1.807, 2.05) is 6.07 Å². The van der Waals surface area contributed by atoms with Gasteiger partial charge in [0, 0.05) is 15.4 Å². The number of fused-ring (bicyclic) bond motifs is 1. The maximum Gasteiger partial charge on any atom is 0.255 e. The summed E-state index contributed by atoms with van der Waals surface area (Å²) in [6, 6.07) is 8.59. The monoisotopic (exact) mass is 383 g/mol. The average molecular weight is 385 g/mol. The predicted molar refractivity (Wildman–Crippen MR) is 88.2 cm³/mol. The molecule has 0 saturated carbocycles. The number of nitrogens with zero attached hydrogens (tertiary/aromatic N) is 1.